The van der Waals surface area contributed by atoms with E-state index in [1.807, 2.05) is 30.5 Å². The highest BCUT2D eigenvalue weighted by Gasteiger charge is 2.29. The van der Waals surface area contributed by atoms with Crippen molar-refractivity contribution in [2.24, 2.45) is 0 Å². The van der Waals surface area contributed by atoms with Gasteiger partial charge in [0.2, 0.25) is 0 Å². The van der Waals surface area contributed by atoms with Crippen LogP contribution in [0.15, 0.2) is 53.7 Å². The van der Waals surface area contributed by atoms with Crippen LogP contribution in [0.5, 0.6) is 0 Å². The molecule has 0 atom stereocenters. The van der Waals surface area contributed by atoms with Crippen LogP contribution in [-0.4, -0.2) is 21.4 Å². The Hall–Kier alpha value is -2.48. The van der Waals surface area contributed by atoms with E-state index >= 15 is 0 Å². The number of hydrogen-bond acceptors (Lipinski definition) is 3. The first-order valence-corrected chi connectivity index (χ1v) is 7.78. The first-order chi connectivity index (χ1) is 11.4. The fourth-order valence-corrected chi connectivity index (χ4v) is 2.70. The lowest BCUT2D eigenvalue weighted by Gasteiger charge is -2.07. The fourth-order valence-electron chi connectivity index (χ4n) is 2.19. The Labute approximate surface area is 139 Å². The molecule has 0 spiro atoms. The molecule has 0 fully saturated rings. The van der Waals surface area contributed by atoms with Gasteiger partial charge in [0.05, 0.1) is 0 Å². The van der Waals surface area contributed by atoms with Crippen molar-refractivity contribution >= 4 is 28.6 Å². The van der Waals surface area contributed by atoms with Crippen LogP contribution in [-0.2, 0) is 6.54 Å². The summed E-state index contributed by atoms with van der Waals surface area (Å²) in [5.41, 5.74) is -2.38. The van der Waals surface area contributed by atoms with Crippen LogP contribution in [0.25, 0.3) is 10.9 Å². The molecule has 0 unspecified atom stereocenters. The van der Waals surface area contributed by atoms with Gasteiger partial charge in [0.15, 0.2) is 0 Å². The molecule has 3 rings (SSSR count). The number of halogens is 3. The monoisotopic (exact) mass is 351 g/mol. The average molecular weight is 351 g/mol. The minimum atomic E-state index is -4.37. The number of carbonyl (C=O) groups excluding carboxylic acids is 1. The third-order valence-corrected chi connectivity index (χ3v) is 3.98. The van der Waals surface area contributed by atoms with E-state index in [2.05, 4.69) is 15.3 Å². The SMILES string of the molecule is O=C(NCc1ccc2[nH]ccc2c1)c1ccc(SC(F)(F)F)cn1. The predicted octanol–water partition coefficient (Wildman–Crippen LogP) is 4.10. The van der Waals surface area contributed by atoms with E-state index in [0.29, 0.717) is 6.54 Å². The molecule has 0 bridgehead atoms. The number of rotatable bonds is 4. The molecule has 2 aromatic heterocycles. The smallest absolute Gasteiger partial charge is 0.361 e. The van der Waals surface area contributed by atoms with Gasteiger partial charge < -0.3 is 10.3 Å². The number of pyridine rings is 1. The second-order valence-corrected chi connectivity index (χ2v) is 6.15. The van der Waals surface area contributed by atoms with Crippen molar-refractivity contribution in [1.29, 1.82) is 0 Å². The van der Waals surface area contributed by atoms with Crippen LogP contribution in [0.3, 0.4) is 0 Å². The zero-order valence-electron chi connectivity index (χ0n) is 12.2. The van der Waals surface area contributed by atoms with Gasteiger partial charge in [0.1, 0.15) is 5.69 Å². The predicted molar refractivity (Wildman–Crippen MR) is 85.6 cm³/mol. The van der Waals surface area contributed by atoms with Crippen LogP contribution in [0.4, 0.5) is 13.2 Å². The topological polar surface area (TPSA) is 57.8 Å². The number of nitrogens with zero attached hydrogens (tertiary/aromatic N) is 1. The number of benzene rings is 1. The Morgan fingerprint density at radius 2 is 2.04 bits per heavy atom. The fraction of sp³-hybridized carbons (Fsp3) is 0.125. The molecule has 1 amide bonds. The Morgan fingerprint density at radius 1 is 1.21 bits per heavy atom. The van der Waals surface area contributed by atoms with Crippen LogP contribution in [0.2, 0.25) is 0 Å². The van der Waals surface area contributed by atoms with Crippen molar-refractivity contribution in [3.05, 3.63) is 60.0 Å². The molecule has 0 saturated heterocycles. The normalized spacial score (nSPS) is 11.6. The molecule has 0 aliphatic carbocycles. The highest BCUT2D eigenvalue weighted by atomic mass is 32.2. The minimum absolute atomic E-state index is 0.0584. The van der Waals surface area contributed by atoms with Gasteiger partial charge in [-0.15, -0.1) is 0 Å². The maximum atomic E-state index is 12.3. The van der Waals surface area contributed by atoms with E-state index in [1.54, 1.807) is 0 Å². The molecular formula is C16H12F3N3OS. The summed E-state index contributed by atoms with van der Waals surface area (Å²) >= 11 is -0.264. The summed E-state index contributed by atoms with van der Waals surface area (Å²) in [6.07, 6.45) is 2.87. The van der Waals surface area contributed by atoms with Crippen molar-refractivity contribution in [1.82, 2.24) is 15.3 Å². The Kier molecular flexibility index (Phi) is 4.48. The van der Waals surface area contributed by atoms with Crippen molar-refractivity contribution in [3.63, 3.8) is 0 Å². The molecule has 8 heteroatoms. The lowest BCUT2D eigenvalue weighted by Crippen LogP contribution is -2.23. The summed E-state index contributed by atoms with van der Waals surface area (Å²) in [4.78, 5) is 18.8. The van der Waals surface area contributed by atoms with E-state index < -0.39 is 11.4 Å². The number of nitrogens with one attached hydrogen (secondary N) is 2. The van der Waals surface area contributed by atoms with E-state index in [-0.39, 0.29) is 22.4 Å². The molecular weight excluding hydrogens is 339 g/mol. The number of amides is 1. The molecule has 0 aliphatic rings. The van der Waals surface area contributed by atoms with Gasteiger partial charge in [-0.2, -0.15) is 13.2 Å². The summed E-state index contributed by atoms with van der Waals surface area (Å²) in [7, 11) is 0. The van der Waals surface area contributed by atoms with Crippen molar-refractivity contribution in [2.75, 3.05) is 0 Å². The van der Waals surface area contributed by atoms with Gasteiger partial charge in [0.25, 0.3) is 5.91 Å². The lowest BCUT2D eigenvalue weighted by molar-refractivity contribution is -0.0328. The zero-order chi connectivity index (χ0) is 17.2. The summed E-state index contributed by atoms with van der Waals surface area (Å²) < 4.78 is 36.8. The largest absolute Gasteiger partial charge is 0.446 e. The highest BCUT2D eigenvalue weighted by Crippen LogP contribution is 2.36. The number of hydrogen-bond donors (Lipinski definition) is 2. The maximum Gasteiger partial charge on any atom is 0.446 e. The van der Waals surface area contributed by atoms with Crippen molar-refractivity contribution < 1.29 is 18.0 Å². The number of aromatic nitrogens is 2. The van der Waals surface area contributed by atoms with E-state index in [4.69, 9.17) is 0 Å². The minimum Gasteiger partial charge on any atom is -0.361 e. The Balaban J connectivity index is 1.62. The first-order valence-electron chi connectivity index (χ1n) is 6.97. The molecule has 0 radical (unpaired) electrons. The summed E-state index contributed by atoms with van der Waals surface area (Å²) in [5, 5.41) is 3.73. The van der Waals surface area contributed by atoms with E-state index in [1.165, 1.54) is 12.1 Å². The maximum absolute atomic E-state index is 12.3. The standard InChI is InChI=1S/C16H12F3N3OS/c17-16(18,19)24-12-2-4-14(21-9-12)15(23)22-8-10-1-3-13-11(7-10)5-6-20-13/h1-7,9,20H,8H2,(H,22,23). The van der Waals surface area contributed by atoms with E-state index in [0.717, 1.165) is 22.7 Å². The molecule has 24 heavy (non-hydrogen) atoms. The van der Waals surface area contributed by atoms with Crippen molar-refractivity contribution in [2.45, 2.75) is 16.9 Å². The quantitative estimate of drug-likeness (QED) is 0.696. The van der Waals surface area contributed by atoms with Gasteiger partial charge in [-0.25, -0.2) is 4.98 Å². The van der Waals surface area contributed by atoms with Crippen LogP contribution in [0, 0.1) is 0 Å². The Morgan fingerprint density at radius 3 is 2.75 bits per heavy atom. The summed E-state index contributed by atoms with van der Waals surface area (Å²) in [6.45, 7) is 0.306. The van der Waals surface area contributed by atoms with Crippen molar-refractivity contribution in [3.8, 4) is 0 Å². The zero-order valence-corrected chi connectivity index (χ0v) is 13.0. The number of thioether (sulfide) groups is 1. The third kappa shape index (κ3) is 4.08. The molecule has 3 aromatic rings. The molecule has 0 aliphatic heterocycles. The van der Waals surface area contributed by atoms with Gasteiger partial charge in [-0.05, 0) is 53.0 Å². The van der Waals surface area contributed by atoms with Crippen LogP contribution < -0.4 is 5.32 Å². The summed E-state index contributed by atoms with van der Waals surface area (Å²) in [6, 6.07) is 10.2. The number of H-pyrrole nitrogens is 1. The van der Waals surface area contributed by atoms with Gasteiger partial charge in [-0.1, -0.05) is 6.07 Å². The number of fused-ring (bicyclic) bond motifs is 1. The second-order valence-electron chi connectivity index (χ2n) is 5.01. The van der Waals surface area contributed by atoms with Crippen LogP contribution in [0.1, 0.15) is 16.1 Å². The number of carbonyl (C=O) groups is 1. The third-order valence-electron chi connectivity index (χ3n) is 3.27. The van der Waals surface area contributed by atoms with Crippen LogP contribution >= 0.6 is 11.8 Å². The molecule has 0 saturated carbocycles. The van der Waals surface area contributed by atoms with Gasteiger partial charge in [-0.3, -0.25) is 4.79 Å². The molecule has 2 N–H and O–H groups in total. The molecule has 1 aromatic carbocycles. The second kappa shape index (κ2) is 6.56. The molecule has 2 heterocycles. The van der Waals surface area contributed by atoms with Gasteiger partial charge in [0, 0.05) is 29.4 Å². The number of alkyl halides is 3. The lowest BCUT2D eigenvalue weighted by atomic mass is 10.1. The van der Waals surface area contributed by atoms with Gasteiger partial charge >= 0.3 is 5.51 Å². The summed E-state index contributed by atoms with van der Waals surface area (Å²) in [5.74, 6) is -0.437. The molecule has 4 nitrogen and oxygen atoms in total. The highest BCUT2D eigenvalue weighted by molar-refractivity contribution is 8.00. The molecule has 124 valence electrons. The number of aromatic amines is 1. The first kappa shape index (κ1) is 16.4. The van der Waals surface area contributed by atoms with E-state index in [9.17, 15) is 18.0 Å². The average Bonchev–Trinajstić information content (AvgIpc) is 2.99. The Bertz CT molecular complexity index is 859.